The first-order valence-corrected chi connectivity index (χ1v) is 9.13. The van der Waals surface area contributed by atoms with Crippen LogP contribution in [-0.4, -0.2) is 37.8 Å². The lowest BCUT2D eigenvalue weighted by Crippen LogP contribution is -2.26. The van der Waals surface area contributed by atoms with Crippen molar-refractivity contribution in [3.8, 4) is 17.1 Å². The van der Waals surface area contributed by atoms with Gasteiger partial charge >= 0.3 is 0 Å². The van der Waals surface area contributed by atoms with Crippen molar-refractivity contribution in [3.63, 3.8) is 0 Å². The smallest absolute Gasteiger partial charge is 0.165 e. The number of rotatable bonds is 4. The van der Waals surface area contributed by atoms with E-state index < -0.39 is 0 Å². The molecule has 4 heterocycles. The third kappa shape index (κ3) is 2.72. The monoisotopic (exact) mass is 373 g/mol. The second-order valence-corrected chi connectivity index (χ2v) is 6.84. The van der Waals surface area contributed by atoms with Crippen molar-refractivity contribution in [2.45, 2.75) is 12.5 Å². The van der Waals surface area contributed by atoms with E-state index in [9.17, 15) is 5.11 Å². The van der Waals surface area contributed by atoms with Crippen LogP contribution in [-0.2, 0) is 11.3 Å². The third-order valence-electron chi connectivity index (χ3n) is 5.04. The van der Waals surface area contributed by atoms with Crippen LogP contribution in [0.25, 0.3) is 28.2 Å². The molecule has 28 heavy (non-hydrogen) atoms. The second kappa shape index (κ2) is 6.70. The summed E-state index contributed by atoms with van der Waals surface area (Å²) in [6, 6.07) is 15.4. The Labute approximate surface area is 161 Å². The molecule has 0 aliphatic carbocycles. The highest BCUT2D eigenvalue weighted by molar-refractivity contribution is 5.82. The highest BCUT2D eigenvalue weighted by atomic mass is 16.5. The summed E-state index contributed by atoms with van der Waals surface area (Å²) >= 11 is 0. The number of imidazole rings is 1. The summed E-state index contributed by atoms with van der Waals surface area (Å²) in [6.45, 7) is 1.39. The number of ether oxygens (including phenoxy) is 1. The first-order valence-electron chi connectivity index (χ1n) is 9.13. The lowest BCUT2D eigenvalue weighted by Gasteiger charge is -2.25. The van der Waals surface area contributed by atoms with Gasteiger partial charge in [0.2, 0.25) is 0 Å². The average molecular weight is 373 g/mol. The number of anilines is 1. The van der Waals surface area contributed by atoms with Crippen molar-refractivity contribution in [1.29, 1.82) is 0 Å². The standard InChI is InChI=1S/C21H19N5O2/c22-19-16(2-1-9-23-19)20-25-18-8-7-17(14-11-28-12-14)24-21(18)26(20)15-5-3-13(10-27)4-6-15/h1-9,14,27H,10-12H2,(H2,22,23). The Bertz CT molecular complexity index is 1150. The molecule has 7 nitrogen and oxygen atoms in total. The van der Waals surface area contributed by atoms with Gasteiger partial charge in [0.15, 0.2) is 11.5 Å². The molecule has 0 saturated carbocycles. The molecule has 0 unspecified atom stereocenters. The number of benzene rings is 1. The van der Waals surface area contributed by atoms with E-state index in [-0.39, 0.29) is 6.61 Å². The summed E-state index contributed by atoms with van der Waals surface area (Å²) in [5.74, 6) is 1.42. The van der Waals surface area contributed by atoms with Gasteiger partial charge in [-0.05, 0) is 42.0 Å². The minimum atomic E-state index is -0.00253. The summed E-state index contributed by atoms with van der Waals surface area (Å²) in [5, 5.41) is 9.36. The molecular weight excluding hydrogens is 354 g/mol. The number of nitrogens with zero attached hydrogens (tertiary/aromatic N) is 4. The molecule has 140 valence electrons. The maximum Gasteiger partial charge on any atom is 0.165 e. The number of aliphatic hydroxyl groups is 1. The molecule has 0 bridgehead atoms. The van der Waals surface area contributed by atoms with Gasteiger partial charge in [-0.2, -0.15) is 0 Å². The molecule has 1 fully saturated rings. The van der Waals surface area contributed by atoms with E-state index in [0.717, 1.165) is 33.7 Å². The molecule has 1 saturated heterocycles. The van der Waals surface area contributed by atoms with E-state index in [1.165, 1.54) is 0 Å². The Balaban J connectivity index is 1.76. The van der Waals surface area contributed by atoms with E-state index >= 15 is 0 Å². The third-order valence-corrected chi connectivity index (χ3v) is 5.04. The maximum atomic E-state index is 9.36. The van der Waals surface area contributed by atoms with Gasteiger partial charge in [-0.3, -0.25) is 4.57 Å². The van der Waals surface area contributed by atoms with Crippen molar-refractivity contribution in [2.75, 3.05) is 18.9 Å². The van der Waals surface area contributed by atoms with Crippen LogP contribution in [0, 0.1) is 0 Å². The van der Waals surface area contributed by atoms with Crippen molar-refractivity contribution < 1.29 is 9.84 Å². The molecule has 0 radical (unpaired) electrons. The number of aromatic nitrogens is 4. The zero-order chi connectivity index (χ0) is 19.1. The highest BCUT2D eigenvalue weighted by Crippen LogP contribution is 2.32. The van der Waals surface area contributed by atoms with E-state index in [1.807, 2.05) is 53.1 Å². The molecule has 3 aromatic heterocycles. The molecule has 4 aromatic rings. The second-order valence-electron chi connectivity index (χ2n) is 6.84. The largest absolute Gasteiger partial charge is 0.392 e. The Morgan fingerprint density at radius 3 is 2.57 bits per heavy atom. The number of aliphatic hydroxyl groups excluding tert-OH is 1. The molecule has 3 N–H and O–H groups in total. The fourth-order valence-corrected chi connectivity index (χ4v) is 3.39. The highest BCUT2D eigenvalue weighted by Gasteiger charge is 2.24. The fourth-order valence-electron chi connectivity index (χ4n) is 3.39. The van der Waals surface area contributed by atoms with Gasteiger partial charge in [0.1, 0.15) is 11.3 Å². The zero-order valence-electron chi connectivity index (χ0n) is 15.1. The quantitative estimate of drug-likeness (QED) is 0.571. The topological polar surface area (TPSA) is 99.1 Å². The van der Waals surface area contributed by atoms with E-state index in [4.69, 9.17) is 20.4 Å². The van der Waals surface area contributed by atoms with E-state index in [0.29, 0.717) is 30.8 Å². The van der Waals surface area contributed by atoms with Gasteiger partial charge in [-0.25, -0.2) is 15.0 Å². The van der Waals surface area contributed by atoms with Gasteiger partial charge in [0, 0.05) is 17.8 Å². The maximum absolute atomic E-state index is 9.36. The Morgan fingerprint density at radius 2 is 1.89 bits per heavy atom. The van der Waals surface area contributed by atoms with Crippen LogP contribution in [0.4, 0.5) is 5.82 Å². The number of nitrogen functional groups attached to an aromatic ring is 1. The van der Waals surface area contributed by atoms with Crippen LogP contribution in [0.5, 0.6) is 0 Å². The van der Waals surface area contributed by atoms with Gasteiger partial charge < -0.3 is 15.6 Å². The lowest BCUT2D eigenvalue weighted by atomic mass is 10.0. The lowest BCUT2D eigenvalue weighted by molar-refractivity contribution is 0.00682. The van der Waals surface area contributed by atoms with Crippen LogP contribution >= 0.6 is 0 Å². The normalized spacial score (nSPS) is 14.3. The minimum absolute atomic E-state index is 0.00253. The predicted molar refractivity (Wildman–Crippen MR) is 106 cm³/mol. The van der Waals surface area contributed by atoms with Crippen molar-refractivity contribution in [3.05, 3.63) is 66.0 Å². The summed E-state index contributed by atoms with van der Waals surface area (Å²) in [4.78, 5) is 13.9. The minimum Gasteiger partial charge on any atom is -0.392 e. The summed E-state index contributed by atoms with van der Waals surface area (Å²) in [7, 11) is 0. The van der Waals surface area contributed by atoms with Crippen LogP contribution in [0.15, 0.2) is 54.7 Å². The van der Waals surface area contributed by atoms with Crippen molar-refractivity contribution in [1.82, 2.24) is 19.5 Å². The summed E-state index contributed by atoms with van der Waals surface area (Å²) < 4.78 is 7.31. The number of nitrogens with two attached hydrogens (primary N) is 1. The predicted octanol–water partition coefficient (Wildman–Crippen LogP) is 2.67. The van der Waals surface area contributed by atoms with Crippen LogP contribution in [0.3, 0.4) is 0 Å². The molecular formula is C21H19N5O2. The van der Waals surface area contributed by atoms with Gasteiger partial charge in [-0.15, -0.1) is 0 Å². The van der Waals surface area contributed by atoms with Crippen molar-refractivity contribution >= 4 is 17.0 Å². The van der Waals surface area contributed by atoms with E-state index in [2.05, 4.69) is 4.98 Å². The number of hydrogen-bond acceptors (Lipinski definition) is 6. The summed E-state index contributed by atoms with van der Waals surface area (Å²) in [5.41, 5.74) is 11.2. The molecule has 1 aliphatic rings. The number of pyridine rings is 2. The first-order chi connectivity index (χ1) is 13.7. The van der Waals surface area contributed by atoms with Crippen LogP contribution in [0.2, 0.25) is 0 Å². The molecule has 1 aromatic carbocycles. The van der Waals surface area contributed by atoms with Crippen molar-refractivity contribution in [2.24, 2.45) is 0 Å². The first kappa shape index (κ1) is 16.9. The Kier molecular flexibility index (Phi) is 4.03. The molecule has 5 rings (SSSR count). The molecule has 0 spiro atoms. The Morgan fingerprint density at radius 1 is 1.07 bits per heavy atom. The molecule has 1 aliphatic heterocycles. The molecule has 0 amide bonds. The van der Waals surface area contributed by atoms with Crippen LogP contribution < -0.4 is 5.73 Å². The van der Waals surface area contributed by atoms with Crippen LogP contribution in [0.1, 0.15) is 17.2 Å². The van der Waals surface area contributed by atoms with Gasteiger partial charge in [-0.1, -0.05) is 12.1 Å². The fraction of sp³-hybridized carbons (Fsp3) is 0.190. The number of fused-ring (bicyclic) bond motifs is 1. The zero-order valence-corrected chi connectivity index (χ0v) is 15.1. The van der Waals surface area contributed by atoms with Gasteiger partial charge in [0.05, 0.1) is 31.1 Å². The van der Waals surface area contributed by atoms with E-state index in [1.54, 1.807) is 6.20 Å². The SMILES string of the molecule is Nc1ncccc1-c1nc2ccc(C3COC3)nc2n1-c1ccc(CO)cc1. The summed E-state index contributed by atoms with van der Waals surface area (Å²) in [6.07, 6.45) is 1.66. The molecule has 7 heteroatoms. The molecule has 0 atom stereocenters. The Hall–Kier alpha value is -3.29. The average Bonchev–Trinajstić information content (AvgIpc) is 3.05. The number of hydrogen-bond donors (Lipinski definition) is 2. The van der Waals surface area contributed by atoms with Gasteiger partial charge in [0.25, 0.3) is 0 Å².